The number of benzene rings is 1. The lowest BCUT2D eigenvalue weighted by atomic mass is 10.1. The van der Waals surface area contributed by atoms with E-state index in [1.54, 1.807) is 12.0 Å². The molecule has 0 aliphatic carbocycles. The lowest BCUT2D eigenvalue weighted by molar-refractivity contribution is -0.123. The van der Waals surface area contributed by atoms with E-state index in [4.69, 9.17) is 9.47 Å². The Balaban J connectivity index is 2.37. The van der Waals surface area contributed by atoms with E-state index in [2.05, 4.69) is 4.99 Å². The van der Waals surface area contributed by atoms with E-state index in [0.29, 0.717) is 23.0 Å². The summed E-state index contributed by atoms with van der Waals surface area (Å²) in [6.07, 6.45) is 1.88. The summed E-state index contributed by atoms with van der Waals surface area (Å²) in [6, 6.07) is 5.87. The number of methoxy groups -OCH3 is 1. The monoisotopic (exact) mass is 362 g/mol. The topological polar surface area (TPSA) is 51.1 Å². The van der Waals surface area contributed by atoms with E-state index >= 15 is 0 Å². The SMILES string of the molecule is CCOc1cc(/C=C2/SC(=NC(C)C)N(C(C)C)C2=O)ccc1OC. The minimum atomic E-state index is -0.00632. The summed E-state index contributed by atoms with van der Waals surface area (Å²) in [7, 11) is 1.61. The molecule has 5 nitrogen and oxygen atoms in total. The van der Waals surface area contributed by atoms with Gasteiger partial charge >= 0.3 is 0 Å². The van der Waals surface area contributed by atoms with Crippen molar-refractivity contribution in [2.75, 3.05) is 13.7 Å². The van der Waals surface area contributed by atoms with Gasteiger partial charge in [0.05, 0.1) is 18.6 Å². The molecular formula is C19H26N2O3S. The highest BCUT2D eigenvalue weighted by molar-refractivity contribution is 8.18. The van der Waals surface area contributed by atoms with Crippen molar-refractivity contribution in [1.82, 2.24) is 4.90 Å². The summed E-state index contributed by atoms with van der Waals surface area (Å²) in [5.74, 6) is 1.35. The van der Waals surface area contributed by atoms with Gasteiger partial charge in [-0.2, -0.15) is 0 Å². The molecular weight excluding hydrogens is 336 g/mol. The molecule has 1 fully saturated rings. The van der Waals surface area contributed by atoms with Crippen LogP contribution in [0.5, 0.6) is 11.5 Å². The number of amides is 1. The van der Waals surface area contributed by atoms with E-state index in [1.165, 1.54) is 11.8 Å². The third kappa shape index (κ3) is 4.57. The van der Waals surface area contributed by atoms with E-state index < -0.39 is 0 Å². The molecule has 0 N–H and O–H groups in total. The standard InChI is InChI=1S/C19H26N2O3S/c1-7-24-16-10-14(8-9-15(16)23-6)11-17-18(22)21(13(4)5)19(25-17)20-12(2)3/h8-13H,7H2,1-6H3/b17-11+,20-19?. The molecule has 0 bridgehead atoms. The van der Waals surface area contributed by atoms with Gasteiger partial charge in [0.1, 0.15) is 0 Å². The molecule has 1 amide bonds. The predicted molar refractivity (Wildman–Crippen MR) is 104 cm³/mol. The van der Waals surface area contributed by atoms with Gasteiger partial charge in [-0.15, -0.1) is 0 Å². The van der Waals surface area contributed by atoms with Gasteiger partial charge in [0, 0.05) is 12.1 Å². The van der Waals surface area contributed by atoms with Gasteiger partial charge in [0.2, 0.25) is 0 Å². The molecule has 0 unspecified atom stereocenters. The highest BCUT2D eigenvalue weighted by atomic mass is 32.2. The molecule has 1 aliphatic rings. The van der Waals surface area contributed by atoms with Crippen molar-refractivity contribution >= 4 is 28.9 Å². The molecule has 2 rings (SSSR count). The Labute approximate surface area is 154 Å². The molecule has 6 heteroatoms. The molecule has 1 aromatic carbocycles. The number of nitrogens with zero attached hydrogens (tertiary/aromatic N) is 2. The summed E-state index contributed by atoms with van der Waals surface area (Å²) in [4.78, 5) is 19.8. The fraction of sp³-hybridized carbons (Fsp3) is 0.474. The van der Waals surface area contributed by atoms with Crippen molar-refractivity contribution in [3.63, 3.8) is 0 Å². The molecule has 25 heavy (non-hydrogen) atoms. The molecule has 1 saturated heterocycles. The largest absolute Gasteiger partial charge is 0.493 e. The Morgan fingerprint density at radius 1 is 1.24 bits per heavy atom. The molecule has 1 heterocycles. The van der Waals surface area contributed by atoms with Gasteiger partial charge < -0.3 is 9.47 Å². The first-order valence-electron chi connectivity index (χ1n) is 8.49. The van der Waals surface area contributed by atoms with Crippen LogP contribution in [0.4, 0.5) is 0 Å². The van der Waals surface area contributed by atoms with Crippen LogP contribution in [0.1, 0.15) is 40.2 Å². The minimum absolute atomic E-state index is 0.00632. The van der Waals surface area contributed by atoms with E-state index in [-0.39, 0.29) is 18.0 Å². The molecule has 1 aromatic rings. The van der Waals surface area contributed by atoms with Crippen LogP contribution < -0.4 is 9.47 Å². The van der Waals surface area contributed by atoms with Crippen LogP contribution in [0.2, 0.25) is 0 Å². The second-order valence-corrected chi connectivity index (χ2v) is 7.24. The van der Waals surface area contributed by atoms with Crippen LogP contribution >= 0.6 is 11.8 Å². The number of carbonyl (C=O) groups excluding carboxylic acids is 1. The van der Waals surface area contributed by atoms with Crippen LogP contribution in [0, 0.1) is 0 Å². The van der Waals surface area contributed by atoms with Gasteiger partial charge in [0.25, 0.3) is 5.91 Å². The molecule has 1 aliphatic heterocycles. The normalized spacial score (nSPS) is 18.1. The summed E-state index contributed by atoms with van der Waals surface area (Å²) in [5, 5.41) is 0.764. The summed E-state index contributed by atoms with van der Waals surface area (Å²) in [5.41, 5.74) is 0.898. The zero-order chi connectivity index (χ0) is 18.6. The third-order valence-corrected chi connectivity index (χ3v) is 4.50. The quantitative estimate of drug-likeness (QED) is 0.712. The highest BCUT2D eigenvalue weighted by Crippen LogP contribution is 2.35. The van der Waals surface area contributed by atoms with Crippen molar-refractivity contribution in [2.45, 2.75) is 46.7 Å². The van der Waals surface area contributed by atoms with Crippen LogP contribution in [0.25, 0.3) is 6.08 Å². The van der Waals surface area contributed by atoms with E-state index in [0.717, 1.165) is 10.7 Å². The van der Waals surface area contributed by atoms with Gasteiger partial charge in [0.15, 0.2) is 16.7 Å². The molecule has 136 valence electrons. The number of amidine groups is 1. The van der Waals surface area contributed by atoms with Gasteiger partial charge in [-0.05, 0) is 70.2 Å². The molecule has 0 aromatic heterocycles. The van der Waals surface area contributed by atoms with Crippen molar-refractivity contribution < 1.29 is 14.3 Å². The molecule has 0 radical (unpaired) electrons. The molecule has 0 spiro atoms. The average molecular weight is 362 g/mol. The second kappa shape index (κ2) is 8.43. The number of hydrogen-bond acceptors (Lipinski definition) is 5. The Morgan fingerprint density at radius 2 is 1.96 bits per heavy atom. The number of thioether (sulfide) groups is 1. The van der Waals surface area contributed by atoms with Gasteiger partial charge in [-0.1, -0.05) is 6.07 Å². The lowest BCUT2D eigenvalue weighted by Gasteiger charge is -2.20. The van der Waals surface area contributed by atoms with E-state index in [1.807, 2.05) is 58.9 Å². The Bertz CT molecular complexity index is 696. The maximum absolute atomic E-state index is 12.8. The Morgan fingerprint density at radius 3 is 2.52 bits per heavy atom. The number of hydrogen-bond donors (Lipinski definition) is 0. The predicted octanol–water partition coefficient (Wildman–Crippen LogP) is 4.18. The first kappa shape index (κ1) is 19.4. The highest BCUT2D eigenvalue weighted by Gasteiger charge is 2.35. The zero-order valence-electron chi connectivity index (χ0n) is 15.7. The number of aliphatic imine (C=N–C) groups is 1. The van der Waals surface area contributed by atoms with Crippen LogP contribution in [0.3, 0.4) is 0 Å². The van der Waals surface area contributed by atoms with Gasteiger partial charge in [-0.25, -0.2) is 0 Å². The van der Waals surface area contributed by atoms with E-state index in [9.17, 15) is 4.79 Å². The van der Waals surface area contributed by atoms with Crippen molar-refractivity contribution in [1.29, 1.82) is 0 Å². The van der Waals surface area contributed by atoms with Crippen LogP contribution in [-0.2, 0) is 4.79 Å². The van der Waals surface area contributed by atoms with Gasteiger partial charge in [-0.3, -0.25) is 14.7 Å². The summed E-state index contributed by atoms with van der Waals surface area (Å²) < 4.78 is 10.9. The Hall–Kier alpha value is -1.95. The molecule has 0 saturated carbocycles. The van der Waals surface area contributed by atoms with Crippen LogP contribution in [-0.4, -0.2) is 41.8 Å². The van der Waals surface area contributed by atoms with Crippen molar-refractivity contribution in [3.05, 3.63) is 28.7 Å². The fourth-order valence-electron chi connectivity index (χ4n) is 2.46. The maximum Gasteiger partial charge on any atom is 0.266 e. The first-order valence-corrected chi connectivity index (χ1v) is 9.30. The van der Waals surface area contributed by atoms with Crippen LogP contribution in [0.15, 0.2) is 28.1 Å². The zero-order valence-corrected chi connectivity index (χ0v) is 16.5. The second-order valence-electron chi connectivity index (χ2n) is 6.23. The Kier molecular flexibility index (Phi) is 6.53. The smallest absolute Gasteiger partial charge is 0.266 e. The van der Waals surface area contributed by atoms with Crippen molar-refractivity contribution in [3.8, 4) is 11.5 Å². The molecule has 0 atom stereocenters. The maximum atomic E-state index is 12.8. The average Bonchev–Trinajstić information content (AvgIpc) is 2.83. The lowest BCUT2D eigenvalue weighted by Crippen LogP contribution is -2.35. The number of carbonyl (C=O) groups is 1. The summed E-state index contributed by atoms with van der Waals surface area (Å²) in [6.45, 7) is 10.5. The first-order chi connectivity index (χ1) is 11.9. The fourth-order valence-corrected chi connectivity index (χ4v) is 3.69. The minimum Gasteiger partial charge on any atom is -0.493 e. The summed E-state index contributed by atoms with van der Waals surface area (Å²) >= 11 is 1.42. The number of ether oxygens (including phenoxy) is 2. The number of rotatable bonds is 6. The third-order valence-electron chi connectivity index (χ3n) is 3.51. The van der Waals surface area contributed by atoms with Crippen molar-refractivity contribution in [2.24, 2.45) is 4.99 Å².